The van der Waals surface area contributed by atoms with Gasteiger partial charge in [0, 0.05) is 4.86 Å². The highest BCUT2D eigenvalue weighted by Gasteiger charge is 2.18. The number of hydrogen-bond acceptors (Lipinski definition) is 1. The summed E-state index contributed by atoms with van der Waals surface area (Å²) in [6, 6.07) is 11.2. The van der Waals surface area contributed by atoms with E-state index in [2.05, 4.69) is 64.1 Å². The van der Waals surface area contributed by atoms with Gasteiger partial charge in [-0.15, -0.1) is 0 Å². The minimum atomic E-state index is 0.970. The van der Waals surface area contributed by atoms with Crippen molar-refractivity contribution in [3.05, 3.63) is 75.4 Å². The maximum atomic E-state index is 5.65. The highest BCUT2D eigenvalue weighted by atomic mass is 32.1. The van der Waals surface area contributed by atoms with Crippen LogP contribution in [-0.2, 0) is 6.42 Å². The summed E-state index contributed by atoms with van der Waals surface area (Å²) in [6.45, 7) is 8.64. The Labute approximate surface area is 132 Å². The average Bonchev–Trinajstić information content (AvgIpc) is 2.38. The number of fused-ring (bicyclic) bond motifs is 1. The second-order valence-electron chi connectivity index (χ2n) is 6.19. The van der Waals surface area contributed by atoms with Crippen molar-refractivity contribution < 1.29 is 0 Å². The van der Waals surface area contributed by atoms with Crippen molar-refractivity contribution in [3.8, 4) is 0 Å². The van der Waals surface area contributed by atoms with E-state index in [1.807, 2.05) is 0 Å². The highest BCUT2D eigenvalue weighted by molar-refractivity contribution is 7.81. The summed E-state index contributed by atoms with van der Waals surface area (Å²) < 4.78 is 0. The van der Waals surface area contributed by atoms with E-state index in [1.54, 1.807) is 0 Å². The van der Waals surface area contributed by atoms with E-state index in [1.165, 1.54) is 44.5 Å². The Hall–Kier alpha value is -1.73. The number of benzene rings is 2. The number of allylic oxidation sites excluding steroid dienone is 2. The molecule has 0 unspecified atom stereocenters. The van der Waals surface area contributed by atoms with Crippen LogP contribution in [0.5, 0.6) is 0 Å². The highest BCUT2D eigenvalue weighted by Crippen LogP contribution is 2.31. The average molecular weight is 292 g/mol. The fourth-order valence-corrected chi connectivity index (χ4v) is 3.60. The Morgan fingerprint density at radius 2 is 1.43 bits per heavy atom. The zero-order valence-electron chi connectivity index (χ0n) is 13.1. The maximum Gasteiger partial charge on any atom is 0.0455 e. The topological polar surface area (TPSA) is 0 Å². The molecular weight excluding hydrogens is 272 g/mol. The first-order valence-electron chi connectivity index (χ1n) is 7.38. The molecule has 0 spiro atoms. The predicted molar refractivity (Wildman–Crippen MR) is 95.2 cm³/mol. The molecule has 0 saturated carbocycles. The van der Waals surface area contributed by atoms with Gasteiger partial charge in [-0.2, -0.15) is 0 Å². The molecule has 1 heteroatoms. The van der Waals surface area contributed by atoms with Crippen LogP contribution >= 0.6 is 12.2 Å². The van der Waals surface area contributed by atoms with Crippen molar-refractivity contribution in [1.82, 2.24) is 0 Å². The molecule has 1 aliphatic rings. The SMILES string of the molecule is Cc1cc(C)cc(C2=CC(=S)c3cc(C)cc(C)c3C2)c1. The van der Waals surface area contributed by atoms with E-state index < -0.39 is 0 Å². The van der Waals surface area contributed by atoms with E-state index in [9.17, 15) is 0 Å². The van der Waals surface area contributed by atoms with Crippen LogP contribution in [0.3, 0.4) is 0 Å². The first kappa shape index (κ1) is 14.2. The fraction of sp³-hybridized carbons (Fsp3) is 0.250. The van der Waals surface area contributed by atoms with Crippen LogP contribution in [-0.4, -0.2) is 4.86 Å². The second-order valence-corrected chi connectivity index (χ2v) is 6.63. The summed E-state index contributed by atoms with van der Waals surface area (Å²) >= 11 is 5.65. The molecule has 106 valence electrons. The molecule has 0 atom stereocenters. The van der Waals surface area contributed by atoms with Crippen LogP contribution < -0.4 is 0 Å². The summed E-state index contributed by atoms with van der Waals surface area (Å²) in [5.41, 5.74) is 10.5. The molecule has 0 aromatic heterocycles. The van der Waals surface area contributed by atoms with Gasteiger partial charge < -0.3 is 0 Å². The largest absolute Gasteiger partial charge is 0.0794 e. The first-order valence-corrected chi connectivity index (χ1v) is 7.78. The van der Waals surface area contributed by atoms with Gasteiger partial charge >= 0.3 is 0 Å². The maximum absolute atomic E-state index is 5.65. The molecule has 2 aromatic rings. The molecule has 0 bridgehead atoms. The zero-order valence-corrected chi connectivity index (χ0v) is 13.9. The minimum absolute atomic E-state index is 0.970. The van der Waals surface area contributed by atoms with Gasteiger partial charge in [0.1, 0.15) is 0 Å². The van der Waals surface area contributed by atoms with Gasteiger partial charge in [-0.3, -0.25) is 0 Å². The summed E-state index contributed by atoms with van der Waals surface area (Å²) in [6.07, 6.45) is 3.16. The molecule has 0 nitrogen and oxygen atoms in total. The molecule has 0 radical (unpaired) electrons. The van der Waals surface area contributed by atoms with Crippen LogP contribution in [0.25, 0.3) is 5.57 Å². The predicted octanol–water partition coefficient (Wildman–Crippen LogP) is 5.28. The summed E-state index contributed by atoms with van der Waals surface area (Å²) in [7, 11) is 0. The summed E-state index contributed by atoms with van der Waals surface area (Å²) in [5.74, 6) is 0. The minimum Gasteiger partial charge on any atom is -0.0794 e. The molecule has 0 aliphatic heterocycles. The molecule has 0 heterocycles. The third-order valence-corrected chi connectivity index (χ3v) is 4.49. The van der Waals surface area contributed by atoms with E-state index in [4.69, 9.17) is 12.2 Å². The van der Waals surface area contributed by atoms with Gasteiger partial charge in [-0.1, -0.05) is 59.2 Å². The Morgan fingerprint density at radius 3 is 2.10 bits per heavy atom. The van der Waals surface area contributed by atoms with Crippen LogP contribution in [0.2, 0.25) is 0 Å². The smallest absolute Gasteiger partial charge is 0.0455 e. The fourth-order valence-electron chi connectivity index (χ4n) is 3.27. The number of aryl methyl sites for hydroxylation is 4. The number of hydrogen-bond donors (Lipinski definition) is 0. The number of thiocarbonyl (C=S) groups is 1. The van der Waals surface area contributed by atoms with E-state index >= 15 is 0 Å². The van der Waals surface area contributed by atoms with Gasteiger partial charge in [-0.05, 0) is 68.0 Å². The lowest BCUT2D eigenvalue weighted by Crippen LogP contribution is -2.11. The standard InChI is InChI=1S/C20H20S/c1-12-5-13(2)8-16(7-12)17-10-18-15(4)6-14(3)9-19(18)20(21)11-17/h5-9,11H,10H2,1-4H3. The summed E-state index contributed by atoms with van der Waals surface area (Å²) in [5, 5.41) is 0. The Morgan fingerprint density at radius 1 is 0.810 bits per heavy atom. The van der Waals surface area contributed by atoms with Crippen molar-refractivity contribution in [1.29, 1.82) is 0 Å². The van der Waals surface area contributed by atoms with Gasteiger partial charge in [0.15, 0.2) is 0 Å². The van der Waals surface area contributed by atoms with Gasteiger partial charge in [0.05, 0.1) is 0 Å². The number of rotatable bonds is 1. The zero-order chi connectivity index (χ0) is 15.1. The molecule has 0 saturated heterocycles. The molecule has 1 aliphatic carbocycles. The lowest BCUT2D eigenvalue weighted by Gasteiger charge is -2.21. The molecule has 0 N–H and O–H groups in total. The van der Waals surface area contributed by atoms with E-state index in [-0.39, 0.29) is 0 Å². The monoisotopic (exact) mass is 292 g/mol. The van der Waals surface area contributed by atoms with Gasteiger partial charge in [0.25, 0.3) is 0 Å². The molecule has 0 amide bonds. The molecule has 3 rings (SSSR count). The van der Waals surface area contributed by atoms with Crippen LogP contribution in [0.4, 0.5) is 0 Å². The molecular formula is C20H20S. The molecule has 2 aromatic carbocycles. The van der Waals surface area contributed by atoms with Crippen LogP contribution in [0, 0.1) is 27.7 Å². The van der Waals surface area contributed by atoms with Gasteiger partial charge in [-0.25, -0.2) is 0 Å². The third kappa shape index (κ3) is 2.71. The molecule has 0 fully saturated rings. The van der Waals surface area contributed by atoms with Crippen molar-refractivity contribution in [2.45, 2.75) is 34.1 Å². The Kier molecular flexibility index (Phi) is 3.54. The Balaban J connectivity index is 2.10. The molecule has 21 heavy (non-hydrogen) atoms. The normalized spacial score (nSPS) is 13.9. The lowest BCUT2D eigenvalue weighted by molar-refractivity contribution is 1.18. The van der Waals surface area contributed by atoms with E-state index in [0.29, 0.717) is 0 Å². The van der Waals surface area contributed by atoms with Crippen LogP contribution in [0.15, 0.2) is 36.4 Å². The van der Waals surface area contributed by atoms with Gasteiger partial charge in [0.2, 0.25) is 0 Å². The van der Waals surface area contributed by atoms with Crippen LogP contribution in [0.1, 0.15) is 38.9 Å². The lowest BCUT2D eigenvalue weighted by atomic mass is 9.84. The summed E-state index contributed by atoms with van der Waals surface area (Å²) in [4.78, 5) is 0.970. The third-order valence-electron chi connectivity index (χ3n) is 4.15. The van der Waals surface area contributed by atoms with Crippen molar-refractivity contribution in [3.63, 3.8) is 0 Å². The van der Waals surface area contributed by atoms with E-state index in [0.717, 1.165) is 11.3 Å². The van der Waals surface area contributed by atoms with Crippen molar-refractivity contribution in [2.75, 3.05) is 0 Å². The quantitative estimate of drug-likeness (QED) is 0.645. The first-order chi connectivity index (χ1) is 9.94. The Bertz CT molecular complexity index is 758. The van der Waals surface area contributed by atoms with Crippen molar-refractivity contribution >= 4 is 22.7 Å². The van der Waals surface area contributed by atoms with Crippen molar-refractivity contribution in [2.24, 2.45) is 0 Å². The second kappa shape index (κ2) is 5.23.